The van der Waals surface area contributed by atoms with Crippen LogP contribution in [0.1, 0.15) is 36.9 Å². The van der Waals surface area contributed by atoms with Crippen LogP contribution in [0.2, 0.25) is 5.02 Å². The van der Waals surface area contributed by atoms with Gasteiger partial charge >= 0.3 is 0 Å². The van der Waals surface area contributed by atoms with Crippen molar-refractivity contribution in [2.75, 3.05) is 7.11 Å². The number of ether oxygens (including phenoxy) is 1. The normalized spacial score (nSPS) is 24.6. The lowest BCUT2D eigenvalue weighted by Crippen LogP contribution is -2.30. The molecule has 0 N–H and O–H groups in total. The average molecular weight is 502 g/mol. The predicted molar refractivity (Wildman–Crippen MR) is 135 cm³/mol. The summed E-state index contributed by atoms with van der Waals surface area (Å²) >= 11 is 12.3. The summed E-state index contributed by atoms with van der Waals surface area (Å²) in [7, 11) is 1.75. The van der Waals surface area contributed by atoms with Crippen molar-refractivity contribution in [3.63, 3.8) is 0 Å². The first kappa shape index (κ1) is 22.8. The monoisotopic (exact) mass is 501 g/mol. The molecule has 0 radical (unpaired) electrons. The third-order valence-electron chi connectivity index (χ3n) is 5.98. The minimum Gasteiger partial charge on any atom is -0.421 e. The number of aliphatic imine (C=N–C) groups is 1. The van der Waals surface area contributed by atoms with Gasteiger partial charge in [0, 0.05) is 24.1 Å². The molecule has 5 rings (SSSR count). The first-order valence-corrected chi connectivity index (χ1v) is 14.0. The number of aryl methyl sites for hydroxylation is 1. The molecule has 33 heavy (non-hydrogen) atoms. The first-order valence-electron chi connectivity index (χ1n) is 11.0. The van der Waals surface area contributed by atoms with Crippen molar-refractivity contribution in [2.45, 2.75) is 44.8 Å². The molecule has 2 aliphatic rings. The van der Waals surface area contributed by atoms with Gasteiger partial charge in [0.2, 0.25) is 5.90 Å². The largest absolute Gasteiger partial charge is 0.421 e. The third-order valence-corrected chi connectivity index (χ3v) is 9.33. The number of para-hydroxylation sites is 1. The highest BCUT2D eigenvalue weighted by Crippen LogP contribution is 2.56. The van der Waals surface area contributed by atoms with Crippen molar-refractivity contribution in [3.05, 3.63) is 70.9 Å². The number of benzene rings is 2. The van der Waals surface area contributed by atoms with Gasteiger partial charge in [-0.2, -0.15) is 10.1 Å². The first-order chi connectivity index (χ1) is 16.0. The maximum Gasteiger partial charge on any atom is 0.276 e. The molecule has 1 fully saturated rings. The van der Waals surface area contributed by atoms with Gasteiger partial charge in [-0.3, -0.25) is 0 Å². The maximum absolute atomic E-state index is 6.65. The Labute approximate surface area is 203 Å². The van der Waals surface area contributed by atoms with Gasteiger partial charge in [-0.05, 0) is 74.4 Å². The molecular formula is C24H25ClN3O3PS. The van der Waals surface area contributed by atoms with E-state index in [0.29, 0.717) is 16.7 Å². The van der Waals surface area contributed by atoms with E-state index in [9.17, 15) is 0 Å². The fourth-order valence-corrected chi connectivity index (χ4v) is 7.72. The number of rotatable bonds is 5. The van der Waals surface area contributed by atoms with Crippen molar-refractivity contribution < 1.29 is 13.8 Å². The highest BCUT2D eigenvalue weighted by molar-refractivity contribution is 8.13. The molecule has 3 unspecified atom stereocenters. The van der Waals surface area contributed by atoms with E-state index < -0.39 is 6.49 Å². The van der Waals surface area contributed by atoms with Gasteiger partial charge < -0.3 is 13.8 Å². The lowest BCUT2D eigenvalue weighted by molar-refractivity contribution is 0.0223. The summed E-state index contributed by atoms with van der Waals surface area (Å²) in [5.41, 5.74) is 2.47. The van der Waals surface area contributed by atoms with E-state index in [1.807, 2.05) is 66.2 Å². The van der Waals surface area contributed by atoms with Crippen molar-refractivity contribution in [1.82, 2.24) is 9.78 Å². The van der Waals surface area contributed by atoms with Gasteiger partial charge in [0.25, 0.3) is 6.49 Å². The molecule has 3 aromatic rings. The zero-order valence-corrected chi connectivity index (χ0v) is 20.9. The summed E-state index contributed by atoms with van der Waals surface area (Å²) in [5.74, 6) is 1.09. The second-order valence-corrected chi connectivity index (χ2v) is 12.0. The van der Waals surface area contributed by atoms with Crippen LogP contribution in [0.5, 0.6) is 0 Å². The Hall–Kier alpha value is -2.02. The number of fused-ring (bicyclic) bond motifs is 1. The second-order valence-electron chi connectivity index (χ2n) is 8.27. The summed E-state index contributed by atoms with van der Waals surface area (Å²) in [6.45, 7) is -1.01. The summed E-state index contributed by atoms with van der Waals surface area (Å²) in [6, 6.07) is 17.3. The van der Waals surface area contributed by atoms with E-state index in [2.05, 4.69) is 0 Å². The smallest absolute Gasteiger partial charge is 0.276 e. The Balaban J connectivity index is 1.61. The van der Waals surface area contributed by atoms with Gasteiger partial charge in [-0.25, -0.2) is 4.68 Å². The predicted octanol–water partition coefficient (Wildman–Crippen LogP) is 5.85. The molecule has 1 aromatic heterocycles. The van der Waals surface area contributed by atoms with E-state index in [-0.39, 0.29) is 12.2 Å². The molecule has 0 bridgehead atoms. The molecule has 1 aliphatic heterocycles. The van der Waals surface area contributed by atoms with Crippen LogP contribution in [0.4, 0.5) is 5.82 Å². The van der Waals surface area contributed by atoms with Gasteiger partial charge in [-0.1, -0.05) is 29.8 Å². The Morgan fingerprint density at radius 1 is 1.09 bits per heavy atom. The zero-order chi connectivity index (χ0) is 23.0. The summed E-state index contributed by atoms with van der Waals surface area (Å²) in [4.78, 5) is 4.87. The Bertz CT molecular complexity index is 1230. The van der Waals surface area contributed by atoms with E-state index in [1.54, 1.807) is 7.11 Å². The minimum absolute atomic E-state index is 0.0357. The maximum atomic E-state index is 6.65. The van der Waals surface area contributed by atoms with Gasteiger partial charge in [-0.15, -0.1) is 0 Å². The molecule has 2 aromatic carbocycles. The molecule has 1 aliphatic carbocycles. The van der Waals surface area contributed by atoms with E-state index in [4.69, 9.17) is 47.3 Å². The molecular weight excluding hydrogens is 477 g/mol. The van der Waals surface area contributed by atoms with Crippen LogP contribution < -0.4 is 5.30 Å². The molecule has 0 spiro atoms. The molecule has 2 heterocycles. The van der Waals surface area contributed by atoms with Crippen LogP contribution in [0.15, 0.2) is 59.6 Å². The van der Waals surface area contributed by atoms with Crippen LogP contribution in [-0.4, -0.2) is 35.0 Å². The summed E-state index contributed by atoms with van der Waals surface area (Å²) < 4.78 is 20.5. The summed E-state index contributed by atoms with van der Waals surface area (Å²) in [5, 5.41) is 6.21. The van der Waals surface area contributed by atoms with Gasteiger partial charge in [0.1, 0.15) is 5.30 Å². The Morgan fingerprint density at radius 2 is 1.82 bits per heavy atom. The number of aromatic nitrogens is 2. The Morgan fingerprint density at radius 3 is 2.55 bits per heavy atom. The quantitative estimate of drug-likeness (QED) is 0.410. The van der Waals surface area contributed by atoms with Crippen LogP contribution in [-0.2, 0) is 25.6 Å². The second kappa shape index (κ2) is 9.32. The molecule has 0 amide bonds. The number of nitrogens with zero attached hydrogens (tertiary/aromatic N) is 3. The van der Waals surface area contributed by atoms with Crippen molar-refractivity contribution in [1.29, 1.82) is 0 Å². The standard InChI is InChI=1S/C24H25ClN3O3PS/c1-16-22-23(28(27-16)19-7-4-3-5-8-19)26-24(17-11-13-18(25)14-12-17)31-32(22,33)30-21-10-6-9-20(15-21)29-2/h3-5,7-8,11-14,20-21H,6,9-10,15H2,1-2H3. The lowest BCUT2D eigenvalue weighted by Gasteiger charge is -2.34. The topological polar surface area (TPSA) is 57.9 Å². The highest BCUT2D eigenvalue weighted by Gasteiger charge is 2.41. The zero-order valence-electron chi connectivity index (χ0n) is 18.5. The highest BCUT2D eigenvalue weighted by atomic mass is 35.5. The molecule has 1 saturated carbocycles. The van der Waals surface area contributed by atoms with Crippen LogP contribution >= 0.6 is 18.1 Å². The minimum atomic E-state index is -2.95. The van der Waals surface area contributed by atoms with E-state index in [1.165, 1.54) is 0 Å². The van der Waals surface area contributed by atoms with Crippen LogP contribution in [0, 0.1) is 6.92 Å². The van der Waals surface area contributed by atoms with Crippen molar-refractivity contribution in [3.8, 4) is 5.69 Å². The van der Waals surface area contributed by atoms with E-state index in [0.717, 1.165) is 47.9 Å². The Kier molecular flexibility index (Phi) is 6.43. The number of hydrogen-bond acceptors (Lipinski definition) is 6. The fourth-order valence-electron chi connectivity index (χ4n) is 4.35. The van der Waals surface area contributed by atoms with Crippen molar-refractivity contribution >= 4 is 46.9 Å². The average Bonchev–Trinajstić information content (AvgIpc) is 3.17. The molecule has 0 saturated heterocycles. The van der Waals surface area contributed by atoms with Gasteiger partial charge in [0.05, 0.1) is 23.6 Å². The van der Waals surface area contributed by atoms with E-state index >= 15 is 0 Å². The van der Waals surface area contributed by atoms with Crippen molar-refractivity contribution in [2.24, 2.45) is 4.99 Å². The fraction of sp³-hybridized carbons (Fsp3) is 0.333. The van der Waals surface area contributed by atoms with Gasteiger partial charge in [0.15, 0.2) is 5.82 Å². The molecule has 6 nitrogen and oxygen atoms in total. The SMILES string of the molecule is COC1CCCC(OP2(=S)OC(c3ccc(Cl)cc3)=Nc3c2c(C)nn3-c2ccccc2)C1. The molecule has 9 heteroatoms. The third kappa shape index (κ3) is 4.53. The lowest BCUT2D eigenvalue weighted by atomic mass is 9.95. The summed E-state index contributed by atoms with van der Waals surface area (Å²) in [6.07, 6.45) is 3.93. The number of hydrogen-bond donors (Lipinski definition) is 0. The number of halogens is 1. The van der Waals surface area contributed by atoms with Crippen LogP contribution in [0.25, 0.3) is 5.69 Å². The van der Waals surface area contributed by atoms with Crippen LogP contribution in [0.3, 0.4) is 0 Å². The molecule has 172 valence electrons. The molecule has 3 atom stereocenters. The number of methoxy groups -OCH3 is 1.